The molecule has 0 heterocycles. The molecule has 0 aliphatic rings. The van der Waals surface area contributed by atoms with E-state index in [2.05, 4.69) is 4.74 Å². The maximum atomic E-state index is 12.9. The number of ketones is 1. The first-order chi connectivity index (χ1) is 8.11. The third-order valence-corrected chi connectivity index (χ3v) is 2.24. The van der Waals surface area contributed by atoms with Crippen molar-refractivity contribution >= 4 is 5.78 Å². The molecule has 0 radical (unpaired) electrons. The molecule has 2 nitrogen and oxygen atoms in total. The lowest BCUT2D eigenvalue weighted by Gasteiger charge is -2.19. The molecule has 1 rings (SSSR count). The van der Waals surface area contributed by atoms with Crippen molar-refractivity contribution in [3.05, 3.63) is 29.3 Å². The van der Waals surface area contributed by atoms with Gasteiger partial charge in [0.15, 0.2) is 0 Å². The lowest BCUT2D eigenvalue weighted by Crippen LogP contribution is -2.44. The monoisotopic (exact) mass is 268 g/mol. The van der Waals surface area contributed by atoms with Crippen molar-refractivity contribution in [2.75, 3.05) is 7.11 Å². The van der Waals surface area contributed by atoms with E-state index in [1.165, 1.54) is 12.1 Å². The fourth-order valence-corrected chi connectivity index (χ4v) is 1.28. The Labute approximate surface area is 99.4 Å². The Hall–Kier alpha value is -1.66. The molecule has 0 aromatic heterocycles. The highest BCUT2D eigenvalue weighted by atomic mass is 19.4. The predicted molar refractivity (Wildman–Crippen MR) is 53.1 cm³/mol. The fraction of sp³-hybridized carbons (Fsp3) is 0.364. The number of benzene rings is 1. The molecule has 0 atom stereocenters. The highest BCUT2D eigenvalue weighted by Crippen LogP contribution is 2.39. The van der Waals surface area contributed by atoms with E-state index >= 15 is 0 Å². The minimum atomic E-state index is -5.93. The van der Waals surface area contributed by atoms with Crippen LogP contribution in [0.25, 0.3) is 0 Å². The lowest BCUT2D eigenvalue weighted by atomic mass is 10.0. The average molecular weight is 268 g/mol. The largest absolute Gasteiger partial charge is 0.496 e. The van der Waals surface area contributed by atoms with Crippen molar-refractivity contribution in [1.82, 2.24) is 0 Å². The SMILES string of the molecule is COc1cc(C)ccc1C(=O)C(F)(F)C(F)(F)F. The summed E-state index contributed by atoms with van der Waals surface area (Å²) < 4.78 is 66.6. The zero-order chi connectivity index (χ0) is 14.1. The van der Waals surface area contributed by atoms with E-state index < -0.39 is 23.4 Å². The third-order valence-electron chi connectivity index (χ3n) is 2.24. The first-order valence-corrected chi connectivity index (χ1v) is 4.75. The average Bonchev–Trinajstić information content (AvgIpc) is 2.26. The Kier molecular flexibility index (Phi) is 3.64. The van der Waals surface area contributed by atoms with Crippen molar-refractivity contribution in [1.29, 1.82) is 0 Å². The van der Waals surface area contributed by atoms with E-state index in [1.807, 2.05) is 0 Å². The summed E-state index contributed by atoms with van der Waals surface area (Å²) in [7, 11) is 1.08. The molecule has 0 saturated heterocycles. The summed E-state index contributed by atoms with van der Waals surface area (Å²) in [5, 5.41) is 0. The van der Waals surface area contributed by atoms with E-state index in [4.69, 9.17) is 0 Å². The molecular formula is C11H9F5O2. The molecule has 1 aromatic carbocycles. The molecule has 0 aliphatic heterocycles. The smallest absolute Gasteiger partial charge is 0.461 e. The van der Waals surface area contributed by atoms with Crippen LogP contribution in [0.5, 0.6) is 5.75 Å². The van der Waals surface area contributed by atoms with Crippen LogP contribution in [0.15, 0.2) is 18.2 Å². The number of hydrogen-bond acceptors (Lipinski definition) is 2. The van der Waals surface area contributed by atoms with Crippen LogP contribution in [-0.2, 0) is 0 Å². The molecule has 0 fully saturated rings. The number of carbonyl (C=O) groups is 1. The highest BCUT2D eigenvalue weighted by Gasteiger charge is 2.63. The van der Waals surface area contributed by atoms with Gasteiger partial charge in [-0.1, -0.05) is 6.07 Å². The van der Waals surface area contributed by atoms with Gasteiger partial charge in [-0.05, 0) is 24.6 Å². The van der Waals surface area contributed by atoms with Crippen LogP contribution in [0, 0.1) is 6.92 Å². The predicted octanol–water partition coefficient (Wildman–Crippen LogP) is 3.38. The van der Waals surface area contributed by atoms with Crippen molar-refractivity contribution in [3.63, 3.8) is 0 Å². The Bertz CT molecular complexity index is 465. The molecular weight excluding hydrogens is 259 g/mol. The minimum absolute atomic E-state index is 0.316. The number of hydrogen-bond donors (Lipinski definition) is 0. The maximum Gasteiger partial charge on any atom is 0.461 e. The van der Waals surface area contributed by atoms with E-state index in [9.17, 15) is 26.7 Å². The Morgan fingerprint density at radius 2 is 1.72 bits per heavy atom. The van der Waals surface area contributed by atoms with Crippen LogP contribution in [-0.4, -0.2) is 25.0 Å². The van der Waals surface area contributed by atoms with E-state index in [0.29, 0.717) is 5.56 Å². The Morgan fingerprint density at radius 3 is 2.17 bits per heavy atom. The van der Waals surface area contributed by atoms with Crippen molar-refractivity contribution in [2.45, 2.75) is 19.0 Å². The minimum Gasteiger partial charge on any atom is -0.496 e. The van der Waals surface area contributed by atoms with Gasteiger partial charge in [-0.3, -0.25) is 4.79 Å². The van der Waals surface area contributed by atoms with Gasteiger partial charge in [0, 0.05) is 0 Å². The number of aryl methyl sites for hydroxylation is 1. The number of halogens is 5. The Morgan fingerprint density at radius 1 is 1.17 bits per heavy atom. The molecule has 18 heavy (non-hydrogen) atoms. The van der Waals surface area contributed by atoms with Crippen LogP contribution in [0.2, 0.25) is 0 Å². The van der Waals surface area contributed by atoms with Crippen LogP contribution in [0.1, 0.15) is 15.9 Å². The van der Waals surface area contributed by atoms with Gasteiger partial charge >= 0.3 is 12.1 Å². The number of alkyl halides is 5. The van der Waals surface area contributed by atoms with Gasteiger partial charge in [-0.15, -0.1) is 0 Å². The number of carbonyl (C=O) groups excluding carboxylic acids is 1. The van der Waals surface area contributed by atoms with Gasteiger partial charge in [0.25, 0.3) is 0 Å². The molecule has 0 aliphatic carbocycles. The molecule has 0 saturated carbocycles. The van der Waals surface area contributed by atoms with Crippen molar-refractivity contribution < 1.29 is 31.5 Å². The molecule has 1 aromatic rings. The number of ether oxygens (including phenoxy) is 1. The van der Waals surface area contributed by atoms with Crippen LogP contribution < -0.4 is 4.74 Å². The van der Waals surface area contributed by atoms with E-state index in [0.717, 1.165) is 13.2 Å². The molecule has 0 spiro atoms. The standard InChI is InChI=1S/C11H9F5O2/c1-6-3-4-7(8(5-6)18-2)9(17)10(12,13)11(14,15)16/h3-5H,1-2H3. The molecule has 100 valence electrons. The molecule has 0 amide bonds. The second kappa shape index (κ2) is 4.55. The van der Waals surface area contributed by atoms with Crippen LogP contribution >= 0.6 is 0 Å². The zero-order valence-corrected chi connectivity index (χ0v) is 9.44. The normalized spacial score (nSPS) is 12.4. The molecule has 0 bridgehead atoms. The summed E-state index contributed by atoms with van der Waals surface area (Å²) in [5.41, 5.74) is -0.232. The van der Waals surface area contributed by atoms with E-state index in [1.54, 1.807) is 6.92 Å². The number of Topliss-reactive ketones (excluding diaryl/α,β-unsaturated/α-hetero) is 1. The lowest BCUT2D eigenvalue weighted by molar-refractivity contribution is -0.255. The zero-order valence-electron chi connectivity index (χ0n) is 9.44. The molecule has 7 heteroatoms. The summed E-state index contributed by atoms with van der Waals surface area (Å²) in [6, 6.07) is 3.35. The van der Waals surface area contributed by atoms with Gasteiger partial charge in [-0.25, -0.2) is 0 Å². The van der Waals surface area contributed by atoms with Gasteiger partial charge in [0.1, 0.15) is 5.75 Å². The molecule has 0 unspecified atom stereocenters. The second-order valence-corrected chi connectivity index (χ2v) is 3.61. The van der Waals surface area contributed by atoms with Gasteiger partial charge in [0.2, 0.25) is 5.78 Å². The Balaban J connectivity index is 3.27. The van der Waals surface area contributed by atoms with Crippen molar-refractivity contribution in [2.24, 2.45) is 0 Å². The van der Waals surface area contributed by atoms with Gasteiger partial charge in [-0.2, -0.15) is 22.0 Å². The fourth-order valence-electron chi connectivity index (χ4n) is 1.28. The quantitative estimate of drug-likeness (QED) is 0.620. The number of methoxy groups -OCH3 is 1. The van der Waals surface area contributed by atoms with Crippen LogP contribution in [0.3, 0.4) is 0 Å². The first-order valence-electron chi connectivity index (χ1n) is 4.75. The number of rotatable bonds is 3. The highest BCUT2D eigenvalue weighted by molar-refractivity contribution is 6.04. The topological polar surface area (TPSA) is 26.3 Å². The summed E-state index contributed by atoms with van der Waals surface area (Å²) in [6.07, 6.45) is -5.93. The molecule has 0 N–H and O–H groups in total. The summed E-state index contributed by atoms with van der Waals surface area (Å²) in [4.78, 5) is 11.3. The van der Waals surface area contributed by atoms with Gasteiger partial charge in [0.05, 0.1) is 12.7 Å². The summed E-state index contributed by atoms with van der Waals surface area (Å²) >= 11 is 0. The van der Waals surface area contributed by atoms with Crippen LogP contribution in [0.4, 0.5) is 22.0 Å². The van der Waals surface area contributed by atoms with E-state index in [-0.39, 0.29) is 5.75 Å². The third kappa shape index (κ3) is 2.44. The van der Waals surface area contributed by atoms with Gasteiger partial charge < -0.3 is 4.74 Å². The maximum absolute atomic E-state index is 12.9. The summed E-state index contributed by atoms with van der Waals surface area (Å²) in [6.45, 7) is 1.58. The summed E-state index contributed by atoms with van der Waals surface area (Å²) in [5.74, 6) is -8.08. The second-order valence-electron chi connectivity index (χ2n) is 3.61. The first kappa shape index (κ1) is 14.4. The van der Waals surface area contributed by atoms with Crippen molar-refractivity contribution in [3.8, 4) is 5.75 Å².